The molecule has 0 saturated carbocycles. The smallest absolute Gasteiger partial charge is 0.327 e. The van der Waals surface area contributed by atoms with Crippen molar-refractivity contribution in [3.8, 4) is 0 Å². The van der Waals surface area contributed by atoms with Crippen molar-refractivity contribution in [1.82, 2.24) is 14.9 Å². The molecule has 0 atom stereocenters. The van der Waals surface area contributed by atoms with Crippen molar-refractivity contribution < 1.29 is 22.4 Å². The van der Waals surface area contributed by atoms with Crippen LogP contribution in [0.5, 0.6) is 0 Å². The van der Waals surface area contributed by atoms with Gasteiger partial charge in [-0.2, -0.15) is 13.2 Å². The van der Waals surface area contributed by atoms with Crippen LogP contribution in [0.15, 0.2) is 55.0 Å². The first-order valence-electron chi connectivity index (χ1n) is 7.11. The van der Waals surface area contributed by atoms with Crippen molar-refractivity contribution in [2.24, 2.45) is 0 Å². The second kappa shape index (κ2) is 6.39. The number of nitrogens with zero attached hydrogens (tertiary/aromatic N) is 2. The van der Waals surface area contributed by atoms with E-state index < -0.39 is 23.5 Å². The molecule has 0 radical (unpaired) electrons. The lowest BCUT2D eigenvalue weighted by molar-refractivity contribution is -0.137. The van der Waals surface area contributed by atoms with Gasteiger partial charge in [0.05, 0.1) is 22.9 Å². The van der Waals surface area contributed by atoms with E-state index in [-0.39, 0.29) is 11.1 Å². The molecule has 4 nitrogen and oxygen atoms in total. The Morgan fingerprint density at radius 1 is 1.12 bits per heavy atom. The lowest BCUT2D eigenvalue weighted by Crippen LogP contribution is -2.17. The fourth-order valence-corrected chi connectivity index (χ4v) is 2.20. The van der Waals surface area contributed by atoms with Crippen LogP contribution in [0.25, 0.3) is 17.2 Å². The average molecular weight is 349 g/mol. The number of amides is 1. The van der Waals surface area contributed by atoms with Crippen LogP contribution in [0.4, 0.5) is 17.6 Å². The van der Waals surface area contributed by atoms with Crippen LogP contribution in [-0.2, 0) is 6.18 Å². The topological polar surface area (TPSA) is 46.9 Å². The Bertz CT molecular complexity index is 943. The summed E-state index contributed by atoms with van der Waals surface area (Å²) in [4.78, 5) is 15.8. The van der Waals surface area contributed by atoms with Crippen LogP contribution in [0.3, 0.4) is 0 Å². The number of aromatic nitrogens is 2. The molecule has 8 heteroatoms. The third-order valence-corrected chi connectivity index (χ3v) is 3.46. The minimum Gasteiger partial charge on any atom is -0.327 e. The molecule has 0 aliphatic carbocycles. The largest absolute Gasteiger partial charge is 0.416 e. The van der Waals surface area contributed by atoms with Crippen LogP contribution >= 0.6 is 0 Å². The van der Waals surface area contributed by atoms with Crippen LogP contribution in [0.2, 0.25) is 0 Å². The van der Waals surface area contributed by atoms with Gasteiger partial charge in [0.1, 0.15) is 5.82 Å². The molecule has 3 aromatic rings. The van der Waals surface area contributed by atoms with Gasteiger partial charge < -0.3 is 9.88 Å². The number of alkyl halides is 3. The monoisotopic (exact) mass is 349 g/mol. The van der Waals surface area contributed by atoms with Crippen molar-refractivity contribution in [3.63, 3.8) is 0 Å². The molecule has 0 unspecified atom stereocenters. The van der Waals surface area contributed by atoms with Gasteiger partial charge in [0, 0.05) is 18.0 Å². The molecule has 0 aliphatic heterocycles. The lowest BCUT2D eigenvalue weighted by atomic mass is 10.2. The third kappa shape index (κ3) is 3.68. The van der Waals surface area contributed by atoms with Crippen LogP contribution in [0, 0.1) is 5.82 Å². The standard InChI is InChI=1S/C17H11F4N3O/c18-13-4-1-11(2-5-13)16(25)22-7-8-24-10-23-14-9-12(17(19,20)21)3-6-15(14)24/h1-10H,(H,22,25). The van der Waals surface area contributed by atoms with Crippen LogP contribution in [0.1, 0.15) is 15.9 Å². The fourth-order valence-electron chi connectivity index (χ4n) is 2.20. The highest BCUT2D eigenvalue weighted by Gasteiger charge is 2.30. The molecular formula is C17H11F4N3O. The van der Waals surface area contributed by atoms with Crippen molar-refractivity contribution in [2.45, 2.75) is 6.18 Å². The number of hydrogen-bond donors (Lipinski definition) is 1. The fraction of sp³-hybridized carbons (Fsp3) is 0.0588. The van der Waals surface area contributed by atoms with E-state index in [1.165, 1.54) is 53.6 Å². The average Bonchev–Trinajstić information content (AvgIpc) is 2.97. The summed E-state index contributed by atoms with van der Waals surface area (Å²) in [6.45, 7) is 0. The summed E-state index contributed by atoms with van der Waals surface area (Å²) in [5.41, 5.74) is 0.139. The first-order chi connectivity index (χ1) is 11.8. The van der Waals surface area contributed by atoms with Gasteiger partial charge in [0.25, 0.3) is 5.91 Å². The Morgan fingerprint density at radius 3 is 2.52 bits per heavy atom. The summed E-state index contributed by atoms with van der Waals surface area (Å²) in [6.07, 6.45) is -0.323. The lowest BCUT2D eigenvalue weighted by Gasteiger charge is -2.06. The summed E-state index contributed by atoms with van der Waals surface area (Å²) in [7, 11) is 0. The molecule has 0 bridgehead atoms. The number of benzene rings is 2. The number of imidazole rings is 1. The highest BCUT2D eigenvalue weighted by atomic mass is 19.4. The van der Waals surface area contributed by atoms with Crippen molar-refractivity contribution in [2.75, 3.05) is 0 Å². The maximum Gasteiger partial charge on any atom is 0.416 e. The van der Waals surface area contributed by atoms with E-state index in [1.807, 2.05) is 0 Å². The van der Waals surface area contributed by atoms with E-state index in [1.54, 1.807) is 0 Å². The highest BCUT2D eigenvalue weighted by Crippen LogP contribution is 2.31. The second-order valence-corrected chi connectivity index (χ2v) is 5.15. The Morgan fingerprint density at radius 2 is 1.84 bits per heavy atom. The quantitative estimate of drug-likeness (QED) is 0.725. The molecule has 128 valence electrons. The minimum absolute atomic E-state index is 0.185. The van der Waals surface area contributed by atoms with Crippen LogP contribution < -0.4 is 5.32 Å². The van der Waals surface area contributed by atoms with E-state index in [0.29, 0.717) is 5.52 Å². The van der Waals surface area contributed by atoms with Crippen molar-refractivity contribution in [3.05, 3.63) is 71.9 Å². The SMILES string of the molecule is O=C(NC=Cn1cnc2cc(C(F)(F)F)ccc21)c1ccc(F)cc1. The molecule has 1 aromatic heterocycles. The maximum atomic E-state index is 12.8. The Labute approximate surface area is 139 Å². The molecule has 2 aromatic carbocycles. The Balaban J connectivity index is 1.75. The van der Waals surface area contributed by atoms with E-state index in [0.717, 1.165) is 12.1 Å². The summed E-state index contributed by atoms with van der Waals surface area (Å²) in [5, 5.41) is 2.49. The van der Waals surface area contributed by atoms with Crippen LogP contribution in [-0.4, -0.2) is 15.5 Å². The number of nitrogens with one attached hydrogen (secondary N) is 1. The molecular weight excluding hydrogens is 338 g/mol. The zero-order valence-electron chi connectivity index (χ0n) is 12.6. The van der Waals surface area contributed by atoms with Gasteiger partial charge in [-0.05, 0) is 42.5 Å². The van der Waals surface area contributed by atoms with E-state index >= 15 is 0 Å². The molecule has 0 aliphatic rings. The number of carbonyl (C=O) groups excluding carboxylic acids is 1. The highest BCUT2D eigenvalue weighted by molar-refractivity contribution is 5.95. The number of fused-ring (bicyclic) bond motifs is 1. The number of carbonyl (C=O) groups is 1. The summed E-state index contributed by atoms with van der Waals surface area (Å²) in [6, 6.07) is 8.23. The molecule has 0 fully saturated rings. The van der Waals surface area contributed by atoms with E-state index in [2.05, 4.69) is 10.3 Å². The molecule has 0 saturated heterocycles. The molecule has 1 N–H and O–H groups in total. The normalized spacial score (nSPS) is 12.0. The molecule has 1 amide bonds. The summed E-state index contributed by atoms with van der Waals surface area (Å²) in [5.74, 6) is -0.893. The first kappa shape index (κ1) is 16.7. The third-order valence-electron chi connectivity index (χ3n) is 3.46. The van der Waals surface area contributed by atoms with Gasteiger partial charge in [-0.3, -0.25) is 4.79 Å². The Kier molecular flexibility index (Phi) is 4.26. The van der Waals surface area contributed by atoms with Gasteiger partial charge in [-0.1, -0.05) is 0 Å². The van der Waals surface area contributed by atoms with Gasteiger partial charge >= 0.3 is 6.18 Å². The number of hydrogen-bond acceptors (Lipinski definition) is 2. The van der Waals surface area contributed by atoms with Crippen molar-refractivity contribution >= 4 is 23.1 Å². The molecule has 25 heavy (non-hydrogen) atoms. The predicted molar refractivity (Wildman–Crippen MR) is 83.9 cm³/mol. The second-order valence-electron chi connectivity index (χ2n) is 5.15. The van der Waals surface area contributed by atoms with Crippen molar-refractivity contribution in [1.29, 1.82) is 0 Å². The van der Waals surface area contributed by atoms with Gasteiger partial charge in [0.15, 0.2) is 0 Å². The number of halogens is 4. The minimum atomic E-state index is -4.43. The Hall–Kier alpha value is -3.16. The van der Waals surface area contributed by atoms with Gasteiger partial charge in [0.2, 0.25) is 0 Å². The molecule has 0 spiro atoms. The maximum absolute atomic E-state index is 12.8. The molecule has 3 rings (SSSR count). The van der Waals surface area contributed by atoms with Gasteiger partial charge in [-0.15, -0.1) is 0 Å². The zero-order chi connectivity index (χ0) is 18.0. The first-order valence-corrected chi connectivity index (χ1v) is 7.11. The zero-order valence-corrected chi connectivity index (χ0v) is 12.6. The van der Waals surface area contributed by atoms with Gasteiger partial charge in [-0.25, -0.2) is 9.37 Å². The predicted octanol–water partition coefficient (Wildman–Crippen LogP) is 4.05. The number of rotatable bonds is 3. The summed E-state index contributed by atoms with van der Waals surface area (Å²) >= 11 is 0. The summed E-state index contributed by atoms with van der Waals surface area (Å²) < 4.78 is 52.3. The molecule has 1 heterocycles. The van der Waals surface area contributed by atoms with E-state index in [4.69, 9.17) is 0 Å². The van der Waals surface area contributed by atoms with E-state index in [9.17, 15) is 22.4 Å².